The highest BCUT2D eigenvalue weighted by molar-refractivity contribution is 7.09. The highest BCUT2D eigenvalue weighted by Gasteiger charge is 2.31. The molecule has 108 valence electrons. The first-order valence-corrected chi connectivity index (χ1v) is 6.53. The lowest BCUT2D eigenvalue weighted by atomic mass is 10.1. The van der Waals surface area contributed by atoms with E-state index in [-0.39, 0.29) is 11.8 Å². The number of hydrogen-bond donors (Lipinski definition) is 1. The van der Waals surface area contributed by atoms with Gasteiger partial charge in [0.2, 0.25) is 5.13 Å². The van der Waals surface area contributed by atoms with Gasteiger partial charge in [-0.05, 0) is 31.5 Å². The first-order valence-electron chi connectivity index (χ1n) is 5.76. The molecule has 0 bridgehead atoms. The molecule has 0 aliphatic heterocycles. The van der Waals surface area contributed by atoms with Gasteiger partial charge in [-0.2, -0.15) is 4.37 Å². The number of hydrogen-bond acceptors (Lipinski definition) is 5. The summed E-state index contributed by atoms with van der Waals surface area (Å²) in [6.45, 7) is 3.59. The average Bonchev–Trinajstić information content (AvgIpc) is 2.73. The van der Waals surface area contributed by atoms with Gasteiger partial charge in [0.25, 0.3) is 0 Å². The Bertz CT molecular complexity index is 585. The van der Waals surface area contributed by atoms with Crippen molar-refractivity contribution >= 4 is 16.7 Å². The van der Waals surface area contributed by atoms with E-state index >= 15 is 0 Å². The lowest BCUT2D eigenvalue weighted by Crippen LogP contribution is -2.17. The van der Waals surface area contributed by atoms with Gasteiger partial charge in [0.15, 0.2) is 0 Å². The van der Waals surface area contributed by atoms with Crippen molar-refractivity contribution in [1.29, 1.82) is 0 Å². The fraction of sp³-hybridized carbons (Fsp3) is 0.333. The number of nitrogens with one attached hydrogen (secondary N) is 1. The molecule has 4 nitrogen and oxygen atoms in total. The molecule has 1 N–H and O–H groups in total. The molecular weight excluding hydrogens is 291 g/mol. The third-order valence-corrected chi connectivity index (χ3v) is 3.20. The van der Waals surface area contributed by atoms with Gasteiger partial charge >= 0.3 is 6.36 Å². The summed E-state index contributed by atoms with van der Waals surface area (Å²) in [4.78, 5) is 4.14. The number of alkyl halides is 3. The number of benzene rings is 1. The van der Waals surface area contributed by atoms with Crippen LogP contribution in [0.15, 0.2) is 24.3 Å². The average molecular weight is 303 g/mol. The van der Waals surface area contributed by atoms with Gasteiger partial charge in [-0.1, -0.05) is 12.1 Å². The molecule has 0 aliphatic carbocycles. The van der Waals surface area contributed by atoms with Crippen molar-refractivity contribution in [3.63, 3.8) is 0 Å². The second-order valence-electron chi connectivity index (χ2n) is 4.13. The largest absolute Gasteiger partial charge is 0.573 e. The van der Waals surface area contributed by atoms with Crippen molar-refractivity contribution in [3.05, 3.63) is 35.7 Å². The van der Waals surface area contributed by atoms with Crippen LogP contribution in [-0.4, -0.2) is 15.7 Å². The Labute approximate surface area is 117 Å². The van der Waals surface area contributed by atoms with Crippen molar-refractivity contribution in [3.8, 4) is 5.75 Å². The minimum absolute atomic E-state index is 0.209. The lowest BCUT2D eigenvalue weighted by Gasteiger charge is -2.15. The second kappa shape index (κ2) is 5.66. The molecule has 2 rings (SSSR count). The molecule has 0 amide bonds. The highest BCUT2D eigenvalue weighted by atomic mass is 32.1. The molecule has 0 spiro atoms. The molecule has 2 aromatic rings. The van der Waals surface area contributed by atoms with Gasteiger partial charge in [0.05, 0.1) is 6.04 Å². The van der Waals surface area contributed by atoms with Crippen molar-refractivity contribution in [1.82, 2.24) is 9.36 Å². The Morgan fingerprint density at radius 3 is 2.70 bits per heavy atom. The predicted octanol–water partition coefficient (Wildman–Crippen LogP) is 3.92. The molecule has 1 unspecified atom stereocenters. The van der Waals surface area contributed by atoms with Crippen molar-refractivity contribution in [2.75, 3.05) is 5.32 Å². The Morgan fingerprint density at radius 2 is 2.10 bits per heavy atom. The maximum atomic E-state index is 12.2. The minimum Gasteiger partial charge on any atom is -0.406 e. The zero-order valence-electron chi connectivity index (χ0n) is 10.7. The van der Waals surface area contributed by atoms with Crippen LogP contribution in [0.5, 0.6) is 5.75 Å². The number of nitrogens with zero attached hydrogens (tertiary/aromatic N) is 2. The standard InChI is InChI=1S/C12H12F3N3OS/c1-7(16-11-17-8(2)18-20-11)9-4-3-5-10(6-9)19-12(13,14)15/h3-7H,1-2H3,(H,16,17,18). The van der Waals surface area contributed by atoms with Crippen LogP contribution < -0.4 is 10.1 Å². The summed E-state index contributed by atoms with van der Waals surface area (Å²) in [5.74, 6) is 0.413. The number of halogens is 3. The summed E-state index contributed by atoms with van der Waals surface area (Å²) >= 11 is 1.20. The molecule has 0 fully saturated rings. The van der Waals surface area contributed by atoms with Crippen LogP contribution in [0.4, 0.5) is 18.3 Å². The third kappa shape index (κ3) is 4.09. The van der Waals surface area contributed by atoms with Crippen LogP contribution in [0.1, 0.15) is 24.4 Å². The van der Waals surface area contributed by atoms with Crippen LogP contribution in [0.2, 0.25) is 0 Å². The van der Waals surface area contributed by atoms with E-state index in [4.69, 9.17) is 0 Å². The Balaban J connectivity index is 2.10. The van der Waals surface area contributed by atoms with Gasteiger partial charge in [-0.25, -0.2) is 4.98 Å². The summed E-state index contributed by atoms with van der Waals surface area (Å²) in [7, 11) is 0. The quantitative estimate of drug-likeness (QED) is 0.930. The molecule has 0 saturated heterocycles. The van der Waals surface area contributed by atoms with E-state index < -0.39 is 6.36 Å². The van der Waals surface area contributed by atoms with E-state index in [2.05, 4.69) is 19.4 Å². The number of ether oxygens (including phenoxy) is 1. The first kappa shape index (κ1) is 14.6. The van der Waals surface area contributed by atoms with E-state index in [1.54, 1.807) is 13.0 Å². The summed E-state index contributed by atoms with van der Waals surface area (Å²) in [5.41, 5.74) is 0.666. The zero-order valence-corrected chi connectivity index (χ0v) is 11.5. The number of anilines is 1. The van der Waals surface area contributed by atoms with E-state index in [0.717, 1.165) is 0 Å². The van der Waals surface area contributed by atoms with Crippen molar-refractivity contribution < 1.29 is 17.9 Å². The van der Waals surface area contributed by atoms with E-state index in [1.807, 2.05) is 6.92 Å². The SMILES string of the molecule is Cc1nsc(NC(C)c2cccc(OC(F)(F)F)c2)n1. The summed E-state index contributed by atoms with van der Waals surface area (Å²) in [6, 6.07) is 5.63. The number of aromatic nitrogens is 2. The Hall–Kier alpha value is -1.83. The van der Waals surface area contributed by atoms with Gasteiger partial charge in [0, 0.05) is 11.5 Å². The van der Waals surface area contributed by atoms with Crippen molar-refractivity contribution in [2.24, 2.45) is 0 Å². The van der Waals surface area contributed by atoms with Gasteiger partial charge in [-0.15, -0.1) is 13.2 Å². The monoisotopic (exact) mass is 303 g/mol. The molecule has 0 saturated carbocycles. The first-order chi connectivity index (χ1) is 9.33. The normalized spacial score (nSPS) is 13.1. The van der Waals surface area contributed by atoms with Crippen LogP contribution in [0.3, 0.4) is 0 Å². The fourth-order valence-corrected chi connectivity index (χ4v) is 2.27. The Morgan fingerprint density at radius 1 is 1.35 bits per heavy atom. The van der Waals surface area contributed by atoms with Gasteiger partial charge in [-0.3, -0.25) is 0 Å². The molecule has 1 aromatic heterocycles. The van der Waals surface area contributed by atoms with E-state index in [1.165, 1.54) is 29.7 Å². The fourth-order valence-electron chi connectivity index (χ4n) is 1.61. The van der Waals surface area contributed by atoms with Crippen molar-refractivity contribution in [2.45, 2.75) is 26.3 Å². The molecule has 0 radical (unpaired) electrons. The molecule has 1 atom stereocenters. The number of rotatable bonds is 4. The summed E-state index contributed by atoms with van der Waals surface area (Å²) in [6.07, 6.45) is -4.69. The maximum absolute atomic E-state index is 12.2. The second-order valence-corrected chi connectivity index (χ2v) is 4.88. The smallest absolute Gasteiger partial charge is 0.406 e. The van der Waals surface area contributed by atoms with Crippen LogP contribution in [0.25, 0.3) is 0 Å². The molecule has 1 aromatic carbocycles. The lowest BCUT2D eigenvalue weighted by molar-refractivity contribution is -0.274. The summed E-state index contributed by atoms with van der Waals surface area (Å²) in [5, 5.41) is 3.70. The number of aryl methyl sites for hydroxylation is 1. The van der Waals surface area contributed by atoms with E-state index in [0.29, 0.717) is 16.5 Å². The molecule has 20 heavy (non-hydrogen) atoms. The highest BCUT2D eigenvalue weighted by Crippen LogP contribution is 2.27. The topological polar surface area (TPSA) is 47.0 Å². The predicted molar refractivity (Wildman–Crippen MR) is 69.8 cm³/mol. The third-order valence-electron chi connectivity index (χ3n) is 2.46. The minimum atomic E-state index is -4.69. The Kier molecular flexibility index (Phi) is 4.12. The molecule has 8 heteroatoms. The van der Waals surface area contributed by atoms with E-state index in [9.17, 15) is 13.2 Å². The van der Waals surface area contributed by atoms with Crippen LogP contribution in [-0.2, 0) is 0 Å². The molecule has 1 heterocycles. The van der Waals surface area contributed by atoms with Gasteiger partial charge < -0.3 is 10.1 Å². The summed E-state index contributed by atoms with van der Waals surface area (Å²) < 4.78 is 44.4. The molecule has 0 aliphatic rings. The van der Waals surface area contributed by atoms with Crippen LogP contribution in [0, 0.1) is 6.92 Å². The maximum Gasteiger partial charge on any atom is 0.573 e. The van der Waals surface area contributed by atoms with Crippen LogP contribution >= 0.6 is 11.5 Å². The molecular formula is C12H12F3N3OS. The zero-order chi connectivity index (χ0) is 14.8. The van der Waals surface area contributed by atoms with Gasteiger partial charge in [0.1, 0.15) is 11.6 Å².